The number of ketones is 1. The van der Waals surface area contributed by atoms with Crippen LogP contribution in [0.4, 0.5) is 11.4 Å². The molecule has 0 saturated carbocycles. The molecule has 2 heterocycles. The number of fused-ring (bicyclic) bond motifs is 1. The number of carbonyl (C=O) groups is 2. The second-order valence-corrected chi connectivity index (χ2v) is 10.1. The van der Waals surface area contributed by atoms with Gasteiger partial charge in [-0.1, -0.05) is 26.0 Å². The Hall–Kier alpha value is -4.46. The molecule has 1 unspecified atom stereocenters. The number of aliphatic hydroxyl groups is 1. The number of rotatable bonds is 7. The van der Waals surface area contributed by atoms with Gasteiger partial charge < -0.3 is 24.2 Å². The second-order valence-electron chi connectivity index (χ2n) is 10.1. The summed E-state index contributed by atoms with van der Waals surface area (Å²) in [4.78, 5) is 30.5. The zero-order valence-electron chi connectivity index (χ0n) is 22.5. The Kier molecular flexibility index (Phi) is 7.19. The summed E-state index contributed by atoms with van der Waals surface area (Å²) in [6.45, 7) is 5.96. The third kappa shape index (κ3) is 5.02. The molecule has 0 aliphatic carbocycles. The first-order valence-electron chi connectivity index (χ1n) is 12.9. The van der Waals surface area contributed by atoms with Gasteiger partial charge in [-0.15, -0.1) is 0 Å². The van der Waals surface area contributed by atoms with Crippen molar-refractivity contribution in [2.75, 3.05) is 43.7 Å². The van der Waals surface area contributed by atoms with Gasteiger partial charge in [-0.05, 0) is 66.1 Å². The fourth-order valence-electron chi connectivity index (χ4n) is 4.82. The average Bonchev–Trinajstić information content (AvgIpc) is 3.21. The molecule has 0 bridgehead atoms. The molecule has 8 heteroatoms. The molecule has 39 heavy (non-hydrogen) atoms. The lowest BCUT2D eigenvalue weighted by Gasteiger charge is -2.28. The van der Waals surface area contributed by atoms with E-state index in [0.29, 0.717) is 59.7 Å². The van der Waals surface area contributed by atoms with Crippen LogP contribution < -0.4 is 24.0 Å². The molecular formula is C31H32N2O6. The van der Waals surface area contributed by atoms with E-state index in [-0.39, 0.29) is 11.3 Å². The number of hydrogen-bond donors (Lipinski definition) is 1. The molecule has 3 aromatic rings. The monoisotopic (exact) mass is 528 g/mol. The predicted octanol–water partition coefficient (Wildman–Crippen LogP) is 5.18. The molecule has 1 fully saturated rings. The number of benzene rings is 3. The predicted molar refractivity (Wildman–Crippen MR) is 150 cm³/mol. The highest BCUT2D eigenvalue weighted by atomic mass is 16.5. The average molecular weight is 529 g/mol. The molecular weight excluding hydrogens is 496 g/mol. The van der Waals surface area contributed by atoms with Crippen molar-refractivity contribution in [3.63, 3.8) is 0 Å². The maximum atomic E-state index is 13.5. The van der Waals surface area contributed by atoms with E-state index in [1.165, 1.54) is 4.90 Å². The first-order chi connectivity index (χ1) is 18.8. The number of anilines is 2. The molecule has 1 saturated heterocycles. The minimum absolute atomic E-state index is 0.0182. The van der Waals surface area contributed by atoms with E-state index in [1.54, 1.807) is 73.8 Å². The summed E-state index contributed by atoms with van der Waals surface area (Å²) in [5.74, 6) is 0.669. The molecule has 0 aromatic heterocycles. The van der Waals surface area contributed by atoms with Gasteiger partial charge in [-0.25, -0.2) is 0 Å². The van der Waals surface area contributed by atoms with E-state index in [2.05, 4.69) is 13.8 Å². The van der Waals surface area contributed by atoms with Gasteiger partial charge in [0.05, 0.1) is 37.6 Å². The Morgan fingerprint density at radius 1 is 1.03 bits per heavy atom. The van der Waals surface area contributed by atoms with Crippen LogP contribution >= 0.6 is 0 Å². The molecule has 1 N–H and O–H groups in total. The number of Topliss-reactive ketones (excluding diaryl/α,β-unsaturated/α-hetero) is 1. The molecule has 0 radical (unpaired) electrons. The number of hydrogen-bond acceptors (Lipinski definition) is 7. The van der Waals surface area contributed by atoms with Crippen LogP contribution in [0.3, 0.4) is 0 Å². The van der Waals surface area contributed by atoms with Crippen LogP contribution in [0.2, 0.25) is 0 Å². The van der Waals surface area contributed by atoms with E-state index in [1.807, 2.05) is 11.9 Å². The molecule has 0 spiro atoms. The Labute approximate surface area is 228 Å². The van der Waals surface area contributed by atoms with Gasteiger partial charge in [0.15, 0.2) is 0 Å². The molecule has 2 aliphatic heterocycles. The quantitative estimate of drug-likeness (QED) is 0.257. The van der Waals surface area contributed by atoms with Crippen LogP contribution in [0.25, 0.3) is 5.76 Å². The summed E-state index contributed by atoms with van der Waals surface area (Å²) in [5, 5.41) is 11.5. The Balaban J connectivity index is 1.61. The molecule has 2 aliphatic rings. The molecule has 1 atom stereocenters. The smallest absolute Gasteiger partial charge is 0.300 e. The van der Waals surface area contributed by atoms with Crippen molar-refractivity contribution in [2.45, 2.75) is 19.9 Å². The summed E-state index contributed by atoms with van der Waals surface area (Å²) in [6.07, 6.45) is 0. The SMILES string of the molecule is COc1ccc(C2/C(=C(/O)c3ccc4c(c3)N(C)CCO4)C(=O)C(=O)N2c2ccc(OCC(C)C)cc2)cc1. The van der Waals surface area contributed by atoms with Gasteiger partial charge in [-0.2, -0.15) is 0 Å². The van der Waals surface area contributed by atoms with Crippen LogP contribution in [0.1, 0.15) is 31.0 Å². The van der Waals surface area contributed by atoms with Crippen LogP contribution in [-0.4, -0.2) is 50.7 Å². The maximum Gasteiger partial charge on any atom is 0.300 e. The minimum Gasteiger partial charge on any atom is -0.507 e. The van der Waals surface area contributed by atoms with Gasteiger partial charge in [0.2, 0.25) is 0 Å². The summed E-state index contributed by atoms with van der Waals surface area (Å²) < 4.78 is 16.8. The summed E-state index contributed by atoms with van der Waals surface area (Å²) in [6, 6.07) is 18.6. The maximum absolute atomic E-state index is 13.5. The van der Waals surface area contributed by atoms with Crippen LogP contribution in [-0.2, 0) is 9.59 Å². The molecule has 202 valence electrons. The van der Waals surface area contributed by atoms with Crippen molar-refractivity contribution in [3.05, 3.63) is 83.4 Å². The molecule has 1 amide bonds. The number of carbonyl (C=O) groups excluding carboxylic acids is 2. The Morgan fingerprint density at radius 3 is 2.38 bits per heavy atom. The van der Waals surface area contributed by atoms with E-state index < -0.39 is 17.7 Å². The van der Waals surface area contributed by atoms with Crippen molar-refractivity contribution in [1.29, 1.82) is 0 Å². The second kappa shape index (κ2) is 10.7. The summed E-state index contributed by atoms with van der Waals surface area (Å²) in [5.41, 5.74) is 2.43. The van der Waals surface area contributed by atoms with Crippen molar-refractivity contribution in [2.24, 2.45) is 5.92 Å². The zero-order chi connectivity index (χ0) is 27.7. The first kappa shape index (κ1) is 26.2. The fraction of sp³-hybridized carbons (Fsp3) is 0.290. The molecule has 3 aromatic carbocycles. The Morgan fingerprint density at radius 2 is 1.72 bits per heavy atom. The van der Waals surface area contributed by atoms with Crippen LogP contribution in [0.15, 0.2) is 72.3 Å². The first-order valence-corrected chi connectivity index (χ1v) is 12.9. The number of ether oxygens (including phenoxy) is 3. The molecule has 8 nitrogen and oxygen atoms in total. The lowest BCUT2D eigenvalue weighted by atomic mass is 9.94. The summed E-state index contributed by atoms with van der Waals surface area (Å²) in [7, 11) is 3.51. The van der Waals surface area contributed by atoms with Crippen molar-refractivity contribution in [1.82, 2.24) is 0 Å². The number of nitrogens with zero attached hydrogens (tertiary/aromatic N) is 2. The lowest BCUT2D eigenvalue weighted by molar-refractivity contribution is -0.132. The molecule has 5 rings (SSSR count). The third-order valence-corrected chi connectivity index (χ3v) is 6.90. The van der Waals surface area contributed by atoms with Crippen LogP contribution in [0.5, 0.6) is 17.2 Å². The Bertz CT molecular complexity index is 1410. The van der Waals surface area contributed by atoms with Crippen LogP contribution in [0, 0.1) is 5.92 Å². The van der Waals surface area contributed by atoms with Gasteiger partial charge in [-0.3, -0.25) is 14.5 Å². The fourth-order valence-corrected chi connectivity index (χ4v) is 4.82. The number of amides is 1. The number of likely N-dealkylation sites (N-methyl/N-ethyl adjacent to an activating group) is 1. The number of methoxy groups -OCH3 is 1. The van der Waals surface area contributed by atoms with Crippen molar-refractivity contribution in [3.8, 4) is 17.2 Å². The highest BCUT2D eigenvalue weighted by Gasteiger charge is 2.47. The van der Waals surface area contributed by atoms with Gasteiger partial charge in [0.25, 0.3) is 11.7 Å². The van der Waals surface area contributed by atoms with Crippen molar-refractivity contribution >= 4 is 28.8 Å². The zero-order valence-corrected chi connectivity index (χ0v) is 22.5. The van der Waals surface area contributed by atoms with E-state index in [4.69, 9.17) is 14.2 Å². The van der Waals surface area contributed by atoms with Gasteiger partial charge >= 0.3 is 0 Å². The third-order valence-electron chi connectivity index (χ3n) is 6.90. The minimum atomic E-state index is -0.844. The standard InChI is InChI=1S/C31H32N2O6/c1-19(2)18-39-24-12-8-22(9-13-24)33-28(20-5-10-23(37-4)11-6-20)27(30(35)31(33)36)29(34)21-7-14-26-25(17-21)32(3)15-16-38-26/h5-14,17,19,28,34H,15-16,18H2,1-4H3/b29-27-. The summed E-state index contributed by atoms with van der Waals surface area (Å²) >= 11 is 0. The van der Waals surface area contributed by atoms with E-state index in [9.17, 15) is 14.7 Å². The number of aliphatic hydroxyl groups excluding tert-OH is 1. The van der Waals surface area contributed by atoms with Crippen molar-refractivity contribution < 1.29 is 28.9 Å². The highest BCUT2D eigenvalue weighted by molar-refractivity contribution is 6.51. The van der Waals surface area contributed by atoms with E-state index in [0.717, 1.165) is 5.69 Å². The normalized spacial score (nSPS) is 18.2. The lowest BCUT2D eigenvalue weighted by Crippen LogP contribution is -2.29. The van der Waals surface area contributed by atoms with E-state index >= 15 is 0 Å². The van der Waals surface area contributed by atoms with Gasteiger partial charge in [0.1, 0.15) is 29.6 Å². The van der Waals surface area contributed by atoms with Gasteiger partial charge in [0, 0.05) is 18.3 Å². The highest BCUT2D eigenvalue weighted by Crippen LogP contribution is 2.43. The largest absolute Gasteiger partial charge is 0.507 e. The topological polar surface area (TPSA) is 88.5 Å².